The average Bonchev–Trinajstić information content (AvgIpc) is 3.73. The number of fused-ring (bicyclic) bond motifs is 8. The Labute approximate surface area is 428 Å². The van der Waals surface area contributed by atoms with Gasteiger partial charge in [-0.2, -0.15) is 0 Å². The standard InChI is InChI=1S/C67H65BN4/c1-11-61-67-62(12-2)71(52-21-17-14-18-22-52)66-42-56(72-63-37-27-49(45(7)8)39-57(63)58-40-50(46(9)10)28-38-64(58)72)34-36-60(66)68(67)59-35-33-55(41-65(59)70(61)51-19-15-13-16-20-51)69(53-29-23-47(24-30-53)43(3)4)54-31-25-48(26-32-54)44(5)6/h11-46H,1H2,2-10H3/b62-12+. The summed E-state index contributed by atoms with van der Waals surface area (Å²) in [6.45, 7) is 24.9. The molecule has 0 radical (unpaired) electrons. The molecule has 0 N–H and O–H groups in total. The third-order valence-electron chi connectivity index (χ3n) is 15.2. The monoisotopic (exact) mass is 937 g/mol. The molecule has 2 aliphatic heterocycles. The Morgan fingerprint density at radius 3 is 1.36 bits per heavy atom. The van der Waals surface area contributed by atoms with Gasteiger partial charge in [0.2, 0.25) is 0 Å². The highest BCUT2D eigenvalue weighted by Crippen LogP contribution is 2.48. The first-order valence-corrected chi connectivity index (χ1v) is 26.1. The number of hydrogen-bond donors (Lipinski definition) is 0. The number of benzene rings is 8. The maximum Gasteiger partial charge on any atom is 0.252 e. The fourth-order valence-corrected chi connectivity index (χ4v) is 11.3. The van der Waals surface area contributed by atoms with Crippen LogP contribution in [0.4, 0.5) is 39.8 Å². The minimum absolute atomic E-state index is 0.0957. The SMILES string of the molecule is C=CC1=C2B(c3ccc(N(c4ccc(C(C)C)cc4)c4ccc(C(C)C)cc4)cc3N1c1ccccc1)c1ccc(-n3c4ccc(C(C)C)cc4c4cc(C(C)C)ccc43)cc1N(c1ccccc1)/C2=C/C. The van der Waals surface area contributed by atoms with Crippen molar-refractivity contribution in [1.82, 2.24) is 4.57 Å². The molecule has 3 heterocycles. The predicted molar refractivity (Wildman–Crippen MR) is 311 cm³/mol. The number of aromatic nitrogens is 1. The van der Waals surface area contributed by atoms with Gasteiger partial charge < -0.3 is 19.3 Å². The summed E-state index contributed by atoms with van der Waals surface area (Å²) in [6, 6.07) is 68.5. The van der Waals surface area contributed by atoms with E-state index >= 15 is 0 Å². The molecule has 0 spiro atoms. The van der Waals surface area contributed by atoms with Crippen molar-refractivity contribution in [3.8, 4) is 5.69 Å². The largest absolute Gasteiger partial charge is 0.312 e. The van der Waals surface area contributed by atoms with Crippen molar-refractivity contribution >= 4 is 79.3 Å². The van der Waals surface area contributed by atoms with Crippen molar-refractivity contribution in [1.29, 1.82) is 0 Å². The van der Waals surface area contributed by atoms with Crippen LogP contribution in [0.2, 0.25) is 0 Å². The summed E-state index contributed by atoms with van der Waals surface area (Å²) in [5, 5.41) is 2.59. The van der Waals surface area contributed by atoms with Crippen LogP contribution in [-0.4, -0.2) is 11.3 Å². The zero-order valence-electron chi connectivity index (χ0n) is 43.4. The lowest BCUT2D eigenvalue weighted by molar-refractivity contribution is 0.866. The first-order chi connectivity index (χ1) is 34.9. The smallest absolute Gasteiger partial charge is 0.252 e. The lowest BCUT2D eigenvalue weighted by atomic mass is 9.32. The maximum absolute atomic E-state index is 4.62. The topological polar surface area (TPSA) is 14.7 Å². The molecule has 0 saturated carbocycles. The molecule has 0 bridgehead atoms. The maximum atomic E-state index is 4.62. The molecule has 5 heteroatoms. The molecule has 356 valence electrons. The molecule has 0 aliphatic carbocycles. The van der Waals surface area contributed by atoms with E-state index in [0.717, 1.165) is 56.9 Å². The Morgan fingerprint density at radius 2 is 0.889 bits per heavy atom. The molecule has 72 heavy (non-hydrogen) atoms. The Morgan fingerprint density at radius 1 is 0.444 bits per heavy atom. The van der Waals surface area contributed by atoms with Crippen LogP contribution in [0, 0.1) is 0 Å². The first-order valence-electron chi connectivity index (χ1n) is 26.1. The van der Waals surface area contributed by atoms with Gasteiger partial charge in [0, 0.05) is 67.7 Å². The number of hydrogen-bond acceptors (Lipinski definition) is 3. The van der Waals surface area contributed by atoms with Gasteiger partial charge >= 0.3 is 0 Å². The number of allylic oxidation sites excluding steroid dienone is 3. The van der Waals surface area contributed by atoms with Gasteiger partial charge in [-0.25, -0.2) is 0 Å². The summed E-state index contributed by atoms with van der Waals surface area (Å²) >= 11 is 0. The highest BCUT2D eigenvalue weighted by molar-refractivity contribution is 6.94. The quantitative estimate of drug-likeness (QED) is 0.120. The molecule has 4 nitrogen and oxygen atoms in total. The zero-order chi connectivity index (χ0) is 49.9. The molecule has 8 aromatic carbocycles. The van der Waals surface area contributed by atoms with E-state index in [1.807, 2.05) is 0 Å². The molecule has 1 aromatic heterocycles. The van der Waals surface area contributed by atoms with Crippen LogP contribution in [0.3, 0.4) is 0 Å². The third-order valence-corrected chi connectivity index (χ3v) is 15.2. The van der Waals surface area contributed by atoms with Crippen molar-refractivity contribution in [3.63, 3.8) is 0 Å². The number of anilines is 7. The van der Waals surface area contributed by atoms with E-state index in [4.69, 9.17) is 0 Å². The highest BCUT2D eigenvalue weighted by atomic mass is 15.2. The van der Waals surface area contributed by atoms with Crippen molar-refractivity contribution in [3.05, 3.63) is 240 Å². The molecule has 0 fully saturated rings. The van der Waals surface area contributed by atoms with E-state index in [0.29, 0.717) is 23.7 Å². The fraction of sp³-hybridized carbons (Fsp3) is 0.194. The third kappa shape index (κ3) is 7.87. The Bertz CT molecular complexity index is 3440. The van der Waals surface area contributed by atoms with Gasteiger partial charge in [0.05, 0.1) is 11.0 Å². The first kappa shape index (κ1) is 46.6. The van der Waals surface area contributed by atoms with Crippen molar-refractivity contribution in [2.75, 3.05) is 14.7 Å². The van der Waals surface area contributed by atoms with Gasteiger partial charge in [-0.3, -0.25) is 0 Å². The number of rotatable bonds is 11. The molecule has 0 atom stereocenters. The van der Waals surface area contributed by atoms with Crippen molar-refractivity contribution in [2.45, 2.75) is 86.0 Å². The summed E-state index contributed by atoms with van der Waals surface area (Å²) in [5.41, 5.74) is 22.7. The van der Waals surface area contributed by atoms with E-state index in [9.17, 15) is 0 Å². The van der Waals surface area contributed by atoms with Crippen molar-refractivity contribution in [2.24, 2.45) is 0 Å². The van der Waals surface area contributed by atoms with Gasteiger partial charge in [-0.1, -0.05) is 153 Å². The summed E-state index contributed by atoms with van der Waals surface area (Å²) in [5.74, 6) is 1.72. The zero-order valence-corrected chi connectivity index (χ0v) is 43.4. The molecular formula is C67H65BN4. The van der Waals surface area contributed by atoms with E-state index < -0.39 is 0 Å². The van der Waals surface area contributed by atoms with E-state index in [-0.39, 0.29) is 6.71 Å². The second-order valence-electron chi connectivity index (χ2n) is 21.0. The van der Waals surface area contributed by atoms with Gasteiger partial charge in [0.25, 0.3) is 6.71 Å². The second-order valence-corrected chi connectivity index (χ2v) is 21.0. The minimum Gasteiger partial charge on any atom is -0.312 e. The summed E-state index contributed by atoms with van der Waals surface area (Å²) in [4.78, 5) is 7.35. The van der Waals surface area contributed by atoms with Crippen LogP contribution in [0.15, 0.2) is 218 Å². The molecular weight excluding hydrogens is 872 g/mol. The van der Waals surface area contributed by atoms with Crippen LogP contribution < -0.4 is 25.6 Å². The Hall–Kier alpha value is -7.76. The van der Waals surface area contributed by atoms with Crippen LogP contribution in [0.1, 0.15) is 108 Å². The average molecular weight is 937 g/mol. The van der Waals surface area contributed by atoms with Crippen LogP contribution >= 0.6 is 0 Å². The van der Waals surface area contributed by atoms with E-state index in [1.165, 1.54) is 60.5 Å². The molecule has 2 aliphatic rings. The predicted octanol–water partition coefficient (Wildman–Crippen LogP) is 17.5. The summed E-state index contributed by atoms with van der Waals surface area (Å²) in [6.07, 6.45) is 4.39. The molecule has 9 aromatic rings. The summed E-state index contributed by atoms with van der Waals surface area (Å²) < 4.78 is 2.49. The van der Waals surface area contributed by atoms with Gasteiger partial charge in [0.15, 0.2) is 0 Å². The van der Waals surface area contributed by atoms with Gasteiger partial charge in [-0.15, -0.1) is 0 Å². The molecule has 11 rings (SSSR count). The Kier molecular flexibility index (Phi) is 12.2. The van der Waals surface area contributed by atoms with Crippen LogP contribution in [0.25, 0.3) is 27.5 Å². The van der Waals surface area contributed by atoms with Gasteiger partial charge in [-0.05, 0) is 172 Å². The number of nitrogens with zero attached hydrogens (tertiary/aromatic N) is 4. The van der Waals surface area contributed by atoms with E-state index in [1.54, 1.807) is 0 Å². The minimum atomic E-state index is -0.0957. The lowest BCUT2D eigenvalue weighted by Gasteiger charge is -2.45. The second kappa shape index (κ2) is 18.8. The molecule has 0 saturated heterocycles. The molecule has 0 amide bonds. The summed E-state index contributed by atoms with van der Waals surface area (Å²) in [7, 11) is 0. The highest BCUT2D eigenvalue weighted by Gasteiger charge is 2.45. The normalized spacial score (nSPS) is 14.1. The van der Waals surface area contributed by atoms with E-state index in [2.05, 4.69) is 282 Å². The lowest BCUT2D eigenvalue weighted by Crippen LogP contribution is -2.56. The Balaban J connectivity index is 1.17. The van der Waals surface area contributed by atoms with Crippen LogP contribution in [0.5, 0.6) is 0 Å². The van der Waals surface area contributed by atoms with Crippen molar-refractivity contribution < 1.29 is 0 Å². The van der Waals surface area contributed by atoms with Crippen LogP contribution in [-0.2, 0) is 0 Å². The van der Waals surface area contributed by atoms with Gasteiger partial charge in [0.1, 0.15) is 0 Å². The number of para-hydroxylation sites is 2. The molecule has 0 unspecified atom stereocenters. The fourth-order valence-electron chi connectivity index (χ4n) is 11.3.